The Morgan fingerprint density at radius 3 is 2.52 bits per heavy atom. The molecule has 0 bridgehead atoms. The fourth-order valence-electron chi connectivity index (χ4n) is 3.64. The van der Waals surface area contributed by atoms with Gasteiger partial charge in [-0.15, -0.1) is 0 Å². The first-order valence-electron chi connectivity index (χ1n) is 11.2. The first kappa shape index (κ1) is 24.4. The van der Waals surface area contributed by atoms with E-state index < -0.39 is 11.7 Å². The normalized spacial score (nSPS) is 11.8. The minimum atomic E-state index is -4.37. The van der Waals surface area contributed by atoms with Gasteiger partial charge in [-0.1, -0.05) is 62.2 Å². The van der Waals surface area contributed by atoms with Crippen LogP contribution >= 0.6 is 0 Å². The third kappa shape index (κ3) is 7.38. The third-order valence-electron chi connectivity index (χ3n) is 5.44. The van der Waals surface area contributed by atoms with Crippen molar-refractivity contribution < 1.29 is 18.0 Å². The number of carbonyl (C=O) groups is 1. The zero-order valence-corrected chi connectivity index (χ0v) is 18.8. The molecule has 1 amide bonds. The van der Waals surface area contributed by atoms with E-state index in [4.69, 9.17) is 0 Å². The van der Waals surface area contributed by atoms with Crippen LogP contribution < -0.4 is 0 Å². The van der Waals surface area contributed by atoms with Crippen molar-refractivity contribution in [1.82, 2.24) is 9.47 Å². The lowest BCUT2D eigenvalue weighted by Crippen LogP contribution is -2.31. The molecule has 1 aromatic heterocycles. The van der Waals surface area contributed by atoms with Crippen LogP contribution in [0, 0.1) is 0 Å². The highest BCUT2D eigenvalue weighted by molar-refractivity contribution is 5.91. The Hall–Kier alpha value is -3.28. The number of hydrogen-bond acceptors (Lipinski definition) is 1. The lowest BCUT2D eigenvalue weighted by Gasteiger charge is -2.22. The van der Waals surface area contributed by atoms with Gasteiger partial charge in [-0.2, -0.15) is 13.2 Å². The van der Waals surface area contributed by atoms with Crippen LogP contribution in [0.2, 0.25) is 0 Å². The first-order valence-corrected chi connectivity index (χ1v) is 11.2. The predicted molar refractivity (Wildman–Crippen MR) is 125 cm³/mol. The van der Waals surface area contributed by atoms with Crippen molar-refractivity contribution in [3.63, 3.8) is 0 Å². The first-order chi connectivity index (χ1) is 15.9. The molecule has 0 aliphatic rings. The molecule has 0 saturated carbocycles. The zero-order chi connectivity index (χ0) is 23.7. The number of benzene rings is 2. The molecule has 3 aromatic rings. The van der Waals surface area contributed by atoms with Crippen molar-refractivity contribution in [2.75, 3.05) is 6.54 Å². The summed E-state index contributed by atoms with van der Waals surface area (Å²) in [6.07, 6.45) is 3.83. The molecule has 174 valence electrons. The highest BCUT2D eigenvalue weighted by Crippen LogP contribution is 2.29. The number of aromatic nitrogens is 1. The van der Waals surface area contributed by atoms with Crippen LogP contribution in [-0.4, -0.2) is 21.9 Å². The molecule has 0 unspecified atom stereocenters. The third-order valence-corrected chi connectivity index (χ3v) is 5.44. The van der Waals surface area contributed by atoms with Gasteiger partial charge in [0.15, 0.2) is 0 Å². The fourth-order valence-corrected chi connectivity index (χ4v) is 3.64. The molecule has 0 N–H and O–H groups in total. The summed E-state index contributed by atoms with van der Waals surface area (Å²) < 4.78 is 41.1. The smallest absolute Gasteiger partial charge is 0.345 e. The molecule has 0 aliphatic heterocycles. The number of unbranched alkanes of at least 4 members (excludes halogenated alkanes) is 2. The number of nitrogens with zero attached hydrogens (tertiary/aromatic N) is 2. The Labute approximate surface area is 193 Å². The molecular formula is C27H29F3N2O. The lowest BCUT2D eigenvalue weighted by atomic mass is 10.1. The Kier molecular flexibility index (Phi) is 8.52. The summed E-state index contributed by atoms with van der Waals surface area (Å²) in [4.78, 5) is 14.8. The Morgan fingerprint density at radius 2 is 1.79 bits per heavy atom. The number of alkyl halides is 3. The highest BCUT2D eigenvalue weighted by atomic mass is 19.4. The molecule has 33 heavy (non-hydrogen) atoms. The minimum Gasteiger partial charge on any atom is -0.345 e. The second kappa shape index (κ2) is 11.5. The van der Waals surface area contributed by atoms with Gasteiger partial charge in [-0.25, -0.2) is 0 Å². The van der Waals surface area contributed by atoms with Gasteiger partial charge in [0.25, 0.3) is 0 Å². The second-order valence-corrected chi connectivity index (χ2v) is 8.04. The largest absolute Gasteiger partial charge is 0.416 e. The number of halogens is 3. The molecule has 0 fully saturated rings. The Morgan fingerprint density at radius 1 is 1.00 bits per heavy atom. The van der Waals surface area contributed by atoms with Crippen LogP contribution in [0.4, 0.5) is 13.2 Å². The SMILES string of the molecule is CCCCCN(Cc1cccn1Cc1cccc(C(F)(F)F)c1)C(=O)C=Cc1ccccc1. The lowest BCUT2D eigenvalue weighted by molar-refractivity contribution is -0.137. The quantitative estimate of drug-likeness (QED) is 0.245. The van der Waals surface area contributed by atoms with Crippen molar-refractivity contribution in [1.29, 1.82) is 0 Å². The van der Waals surface area contributed by atoms with Crippen LogP contribution in [0.5, 0.6) is 0 Å². The van der Waals surface area contributed by atoms with Gasteiger partial charge in [0.2, 0.25) is 5.91 Å². The maximum atomic E-state index is 13.1. The zero-order valence-electron chi connectivity index (χ0n) is 18.8. The van der Waals surface area contributed by atoms with Crippen LogP contribution in [0.25, 0.3) is 6.08 Å². The van der Waals surface area contributed by atoms with E-state index in [9.17, 15) is 18.0 Å². The number of carbonyl (C=O) groups excluding carboxylic acids is 1. The molecule has 0 aliphatic carbocycles. The van der Waals surface area contributed by atoms with Crippen LogP contribution in [-0.2, 0) is 24.1 Å². The standard InChI is InChI=1S/C27H29F3N2O/c1-2-3-7-17-32(26(33)16-15-22-10-5-4-6-11-22)21-25-14-9-18-31(25)20-23-12-8-13-24(19-23)27(28,29)30/h4-6,8-16,18-19H,2-3,7,17,20-21H2,1H3. The molecule has 1 heterocycles. The summed E-state index contributed by atoms with van der Waals surface area (Å²) in [5.74, 6) is -0.0817. The topological polar surface area (TPSA) is 25.2 Å². The fraction of sp³-hybridized carbons (Fsp3) is 0.296. The van der Waals surface area contributed by atoms with E-state index in [1.807, 2.05) is 53.2 Å². The van der Waals surface area contributed by atoms with Crippen LogP contribution in [0.3, 0.4) is 0 Å². The van der Waals surface area contributed by atoms with Gasteiger partial charge in [0, 0.05) is 31.1 Å². The number of amides is 1. The molecule has 2 aromatic carbocycles. The minimum absolute atomic E-state index is 0.0817. The van der Waals surface area contributed by atoms with Crippen molar-refractivity contribution in [2.45, 2.75) is 45.5 Å². The van der Waals surface area contributed by atoms with E-state index in [2.05, 4.69) is 6.92 Å². The highest BCUT2D eigenvalue weighted by Gasteiger charge is 2.30. The van der Waals surface area contributed by atoms with Crippen LogP contribution in [0.1, 0.15) is 48.6 Å². The Balaban J connectivity index is 1.75. The molecule has 0 saturated heterocycles. The number of hydrogen-bond donors (Lipinski definition) is 0. The van der Waals surface area contributed by atoms with E-state index in [1.54, 1.807) is 23.1 Å². The summed E-state index contributed by atoms with van der Waals surface area (Å²) in [5, 5.41) is 0. The monoisotopic (exact) mass is 454 g/mol. The summed E-state index contributed by atoms with van der Waals surface area (Å²) in [5.41, 5.74) is 1.74. The van der Waals surface area contributed by atoms with Gasteiger partial charge in [0.05, 0.1) is 12.1 Å². The van der Waals surface area contributed by atoms with Crippen molar-refractivity contribution in [2.24, 2.45) is 0 Å². The predicted octanol–water partition coefficient (Wildman–Crippen LogP) is 6.79. The average molecular weight is 455 g/mol. The maximum Gasteiger partial charge on any atom is 0.416 e. The molecular weight excluding hydrogens is 425 g/mol. The summed E-state index contributed by atoms with van der Waals surface area (Å²) >= 11 is 0. The van der Waals surface area contributed by atoms with E-state index in [0.29, 0.717) is 25.2 Å². The number of rotatable bonds is 10. The van der Waals surface area contributed by atoms with Crippen molar-refractivity contribution >= 4 is 12.0 Å². The van der Waals surface area contributed by atoms with Gasteiger partial charge in [-0.05, 0) is 47.9 Å². The molecule has 0 atom stereocenters. The molecule has 3 rings (SSSR count). The maximum absolute atomic E-state index is 13.1. The summed E-state index contributed by atoms with van der Waals surface area (Å²) in [6.45, 7) is 3.44. The van der Waals surface area contributed by atoms with E-state index >= 15 is 0 Å². The van der Waals surface area contributed by atoms with Gasteiger partial charge >= 0.3 is 6.18 Å². The summed E-state index contributed by atoms with van der Waals surface area (Å²) in [7, 11) is 0. The second-order valence-electron chi connectivity index (χ2n) is 8.04. The van der Waals surface area contributed by atoms with Gasteiger partial charge < -0.3 is 9.47 Å². The Bertz CT molecular complexity index is 1050. The van der Waals surface area contributed by atoms with E-state index in [-0.39, 0.29) is 5.91 Å². The molecule has 0 radical (unpaired) electrons. The molecule has 6 heteroatoms. The van der Waals surface area contributed by atoms with Crippen LogP contribution in [0.15, 0.2) is 79.0 Å². The van der Waals surface area contributed by atoms with Gasteiger partial charge in [0.1, 0.15) is 0 Å². The van der Waals surface area contributed by atoms with Crippen molar-refractivity contribution in [3.05, 3.63) is 101 Å². The molecule has 3 nitrogen and oxygen atoms in total. The summed E-state index contributed by atoms with van der Waals surface area (Å²) in [6, 6.07) is 18.8. The van der Waals surface area contributed by atoms with Crippen molar-refractivity contribution in [3.8, 4) is 0 Å². The van der Waals surface area contributed by atoms with Gasteiger partial charge in [-0.3, -0.25) is 4.79 Å². The molecule has 0 spiro atoms. The average Bonchev–Trinajstić information content (AvgIpc) is 3.23. The van der Waals surface area contributed by atoms with E-state index in [1.165, 1.54) is 12.1 Å². The van der Waals surface area contributed by atoms with E-state index in [0.717, 1.165) is 36.6 Å².